The van der Waals surface area contributed by atoms with E-state index >= 15 is 0 Å². The third-order valence-electron chi connectivity index (χ3n) is 4.03. The van der Waals surface area contributed by atoms with Gasteiger partial charge in [0.1, 0.15) is 12.4 Å². The van der Waals surface area contributed by atoms with Crippen molar-refractivity contribution in [2.75, 3.05) is 26.9 Å². The van der Waals surface area contributed by atoms with Crippen molar-refractivity contribution in [2.45, 2.75) is 6.92 Å². The minimum Gasteiger partial charge on any atom is -0.492 e. The van der Waals surface area contributed by atoms with E-state index in [0.717, 1.165) is 17.3 Å². The fourth-order valence-electron chi connectivity index (χ4n) is 2.75. The fraction of sp³-hybridized carbons (Fsp3) is 0.238. The molecule has 0 unspecified atom stereocenters. The number of nitrogens with zero attached hydrogens (tertiary/aromatic N) is 1. The van der Waals surface area contributed by atoms with Gasteiger partial charge in [0.25, 0.3) is 11.1 Å². The molecule has 0 aromatic heterocycles. The normalized spacial score (nSPS) is 15.1. The molecule has 2 amide bonds. The van der Waals surface area contributed by atoms with Crippen LogP contribution in [-0.2, 0) is 4.79 Å². The number of imide groups is 1. The van der Waals surface area contributed by atoms with E-state index in [1.54, 1.807) is 19.3 Å². The lowest BCUT2D eigenvalue weighted by molar-refractivity contribution is -0.123. The lowest BCUT2D eigenvalue weighted by Crippen LogP contribution is -2.32. The maximum Gasteiger partial charge on any atom is 0.293 e. The van der Waals surface area contributed by atoms with E-state index < -0.39 is 0 Å². The molecule has 0 bridgehead atoms. The molecule has 1 aliphatic rings. The molecule has 6 nitrogen and oxygen atoms in total. The van der Waals surface area contributed by atoms with Crippen molar-refractivity contribution in [3.05, 3.63) is 57.4 Å². The van der Waals surface area contributed by atoms with Crippen LogP contribution >= 0.6 is 27.7 Å². The lowest BCUT2D eigenvalue weighted by atomic mass is 10.2. The Kier molecular flexibility index (Phi) is 7.22. The van der Waals surface area contributed by atoms with Gasteiger partial charge in [0.05, 0.1) is 29.6 Å². The molecule has 0 atom stereocenters. The van der Waals surface area contributed by atoms with Crippen molar-refractivity contribution < 1.29 is 23.8 Å². The quantitative estimate of drug-likeness (QED) is 0.500. The second-order valence-electron chi connectivity index (χ2n) is 5.96. The van der Waals surface area contributed by atoms with Gasteiger partial charge in [0.15, 0.2) is 11.5 Å². The first-order valence-corrected chi connectivity index (χ1v) is 10.6. The van der Waals surface area contributed by atoms with E-state index in [4.69, 9.17) is 14.2 Å². The van der Waals surface area contributed by atoms with Crippen molar-refractivity contribution in [3.8, 4) is 17.2 Å². The minimum atomic E-state index is -0.332. The Bertz CT molecular complexity index is 932. The topological polar surface area (TPSA) is 65.1 Å². The number of amides is 2. The first-order valence-electron chi connectivity index (χ1n) is 8.97. The summed E-state index contributed by atoms with van der Waals surface area (Å²) >= 11 is 4.37. The third-order valence-corrected chi connectivity index (χ3v) is 5.53. The van der Waals surface area contributed by atoms with Crippen LogP contribution in [0.15, 0.2) is 51.8 Å². The Labute approximate surface area is 181 Å². The molecule has 1 heterocycles. The minimum absolute atomic E-state index is 0.188. The molecule has 0 saturated carbocycles. The number of rotatable bonds is 8. The molecule has 29 heavy (non-hydrogen) atoms. The molecule has 0 radical (unpaired) electrons. The van der Waals surface area contributed by atoms with Crippen LogP contribution in [0.4, 0.5) is 4.79 Å². The monoisotopic (exact) mass is 477 g/mol. The van der Waals surface area contributed by atoms with E-state index in [2.05, 4.69) is 15.9 Å². The maximum absolute atomic E-state index is 12.7. The van der Waals surface area contributed by atoms with Crippen LogP contribution < -0.4 is 14.2 Å². The summed E-state index contributed by atoms with van der Waals surface area (Å²) in [5.74, 6) is 1.50. The average molecular weight is 478 g/mol. The second kappa shape index (κ2) is 9.84. The highest BCUT2D eigenvalue weighted by atomic mass is 79.9. The average Bonchev–Trinajstić information content (AvgIpc) is 2.96. The van der Waals surface area contributed by atoms with Gasteiger partial charge in [-0.15, -0.1) is 0 Å². The molecule has 8 heteroatoms. The van der Waals surface area contributed by atoms with Crippen molar-refractivity contribution in [1.29, 1.82) is 0 Å². The smallest absolute Gasteiger partial charge is 0.293 e. The van der Waals surface area contributed by atoms with Crippen LogP contribution in [0, 0.1) is 0 Å². The molecular formula is C21H20BrNO5S. The predicted octanol–water partition coefficient (Wildman–Crippen LogP) is 4.97. The van der Waals surface area contributed by atoms with Crippen molar-refractivity contribution in [2.24, 2.45) is 0 Å². The summed E-state index contributed by atoms with van der Waals surface area (Å²) in [5, 5.41) is -0.310. The maximum atomic E-state index is 12.7. The van der Waals surface area contributed by atoms with Gasteiger partial charge in [-0.3, -0.25) is 14.5 Å². The van der Waals surface area contributed by atoms with Gasteiger partial charge in [-0.25, -0.2) is 0 Å². The number of hydrogen-bond acceptors (Lipinski definition) is 6. The number of halogens is 1. The van der Waals surface area contributed by atoms with Crippen molar-refractivity contribution in [1.82, 2.24) is 4.90 Å². The summed E-state index contributed by atoms with van der Waals surface area (Å²) < 4.78 is 17.2. The Balaban J connectivity index is 1.72. The number of hydrogen-bond donors (Lipinski definition) is 0. The van der Waals surface area contributed by atoms with Crippen LogP contribution in [0.25, 0.3) is 6.08 Å². The SMILES string of the molecule is CCOc1cc(/C=C2\SC(=O)N(CCOc3ccccc3)C2=O)cc(Br)c1OC. The van der Waals surface area contributed by atoms with Crippen LogP contribution in [0.1, 0.15) is 12.5 Å². The first-order chi connectivity index (χ1) is 14.0. The Morgan fingerprint density at radius 1 is 1.14 bits per heavy atom. The fourth-order valence-corrected chi connectivity index (χ4v) is 4.23. The van der Waals surface area contributed by atoms with E-state index in [0.29, 0.717) is 33.2 Å². The van der Waals surface area contributed by atoms with Gasteiger partial charge in [-0.2, -0.15) is 0 Å². The number of ether oxygens (including phenoxy) is 3. The highest BCUT2D eigenvalue weighted by Crippen LogP contribution is 2.39. The Morgan fingerprint density at radius 2 is 1.90 bits per heavy atom. The molecule has 3 rings (SSSR count). The summed E-state index contributed by atoms with van der Waals surface area (Å²) in [7, 11) is 1.56. The number of para-hydroxylation sites is 1. The van der Waals surface area contributed by atoms with Gasteiger partial charge in [-0.1, -0.05) is 18.2 Å². The van der Waals surface area contributed by atoms with Gasteiger partial charge in [0.2, 0.25) is 0 Å². The molecule has 0 aliphatic carbocycles. The van der Waals surface area contributed by atoms with Crippen LogP contribution in [0.5, 0.6) is 17.2 Å². The number of thioether (sulfide) groups is 1. The van der Waals surface area contributed by atoms with Crippen LogP contribution in [0.2, 0.25) is 0 Å². The molecule has 0 spiro atoms. The molecular weight excluding hydrogens is 458 g/mol. The molecule has 1 aliphatic heterocycles. The third kappa shape index (κ3) is 5.13. The molecule has 1 saturated heterocycles. The van der Waals surface area contributed by atoms with E-state index in [1.807, 2.05) is 43.3 Å². The van der Waals surface area contributed by atoms with Gasteiger partial charge < -0.3 is 14.2 Å². The van der Waals surface area contributed by atoms with E-state index in [-0.39, 0.29) is 24.3 Å². The highest BCUT2D eigenvalue weighted by molar-refractivity contribution is 9.10. The number of methoxy groups -OCH3 is 1. The zero-order valence-electron chi connectivity index (χ0n) is 16.0. The van der Waals surface area contributed by atoms with Crippen LogP contribution in [-0.4, -0.2) is 42.9 Å². The van der Waals surface area contributed by atoms with E-state index in [1.165, 1.54) is 4.90 Å². The summed E-state index contributed by atoms with van der Waals surface area (Å²) in [6, 6.07) is 12.9. The Morgan fingerprint density at radius 3 is 2.59 bits per heavy atom. The lowest BCUT2D eigenvalue weighted by Gasteiger charge is -2.13. The van der Waals surface area contributed by atoms with Crippen LogP contribution in [0.3, 0.4) is 0 Å². The summed E-state index contributed by atoms with van der Waals surface area (Å²) in [6.07, 6.45) is 1.68. The molecule has 0 N–H and O–H groups in total. The molecule has 1 fully saturated rings. The van der Waals surface area contributed by atoms with Gasteiger partial charge in [-0.05, 0) is 70.5 Å². The largest absolute Gasteiger partial charge is 0.492 e. The number of benzene rings is 2. The number of carbonyl (C=O) groups excluding carboxylic acids is 2. The van der Waals surface area contributed by atoms with Gasteiger partial charge >= 0.3 is 0 Å². The van der Waals surface area contributed by atoms with E-state index in [9.17, 15) is 9.59 Å². The summed E-state index contributed by atoms with van der Waals surface area (Å²) in [4.78, 5) is 26.5. The molecule has 2 aromatic carbocycles. The van der Waals surface area contributed by atoms with Crippen molar-refractivity contribution in [3.63, 3.8) is 0 Å². The highest BCUT2D eigenvalue weighted by Gasteiger charge is 2.34. The molecule has 152 valence electrons. The molecule has 2 aromatic rings. The second-order valence-corrected chi connectivity index (χ2v) is 7.81. The van der Waals surface area contributed by atoms with Crippen molar-refractivity contribution >= 4 is 44.9 Å². The summed E-state index contributed by atoms with van der Waals surface area (Å²) in [5.41, 5.74) is 0.729. The Hall–Kier alpha value is -2.45. The van der Waals surface area contributed by atoms with Gasteiger partial charge in [0, 0.05) is 0 Å². The standard InChI is InChI=1S/C21H20BrNO5S/c1-3-27-17-12-14(11-16(22)19(17)26-2)13-18-20(24)23(21(25)29-18)9-10-28-15-7-5-4-6-8-15/h4-8,11-13H,3,9-10H2,1-2H3/b18-13-. The summed E-state index contributed by atoms with van der Waals surface area (Å²) in [6.45, 7) is 2.78. The zero-order chi connectivity index (χ0) is 20.8. The number of carbonyl (C=O) groups is 2. The predicted molar refractivity (Wildman–Crippen MR) is 116 cm³/mol. The first kappa shape index (κ1) is 21.3. The zero-order valence-corrected chi connectivity index (χ0v) is 18.4.